The van der Waals surface area contributed by atoms with Gasteiger partial charge in [-0.15, -0.1) is 0 Å². The molecule has 0 bridgehead atoms. The van der Waals surface area contributed by atoms with Crippen molar-refractivity contribution >= 4 is 5.91 Å². The average molecular weight is 337 g/mol. The predicted molar refractivity (Wildman–Crippen MR) is 82.4 cm³/mol. The van der Waals surface area contributed by atoms with E-state index in [0.717, 1.165) is 30.9 Å². The molecule has 0 saturated carbocycles. The fourth-order valence-corrected chi connectivity index (χ4v) is 2.93. The number of aryl methyl sites for hydroxylation is 1. The third kappa shape index (κ3) is 3.29. The maximum absolute atomic E-state index is 12.5. The number of carbonyl (C=O) groups excluding carboxylic acids is 1. The highest BCUT2D eigenvalue weighted by Crippen LogP contribution is 2.29. The first-order valence-corrected chi connectivity index (χ1v) is 7.85. The molecule has 0 atom stereocenters. The van der Waals surface area contributed by atoms with E-state index in [1.807, 2.05) is 13.1 Å². The van der Waals surface area contributed by atoms with Crippen LogP contribution in [0.5, 0.6) is 0 Å². The highest BCUT2D eigenvalue weighted by Gasteiger charge is 2.33. The number of aromatic nitrogens is 2. The summed E-state index contributed by atoms with van der Waals surface area (Å²) in [6.45, 7) is 4.07. The summed E-state index contributed by atoms with van der Waals surface area (Å²) in [5.74, 6) is 1.15. The summed E-state index contributed by atoms with van der Waals surface area (Å²) in [6.07, 6.45) is 0.168. The minimum absolute atomic E-state index is 0.221. The topological polar surface area (TPSA) is 38.1 Å². The van der Waals surface area contributed by atoms with Crippen LogP contribution < -0.4 is 0 Å². The van der Waals surface area contributed by atoms with Crippen LogP contribution in [-0.2, 0) is 19.1 Å². The molecule has 24 heavy (non-hydrogen) atoms. The smallest absolute Gasteiger partial charge is 0.338 e. The van der Waals surface area contributed by atoms with Crippen LogP contribution in [0.1, 0.15) is 28.7 Å². The molecule has 128 valence electrons. The molecule has 1 aromatic heterocycles. The Balaban J connectivity index is 1.57. The number of imidazole rings is 1. The number of likely N-dealkylation sites (tertiary alicyclic amines) is 1. The minimum Gasteiger partial charge on any atom is -0.338 e. The summed E-state index contributed by atoms with van der Waals surface area (Å²) < 4.78 is 39.7. The normalized spacial score (nSPS) is 15.4. The summed E-state index contributed by atoms with van der Waals surface area (Å²) in [7, 11) is 0. The zero-order chi connectivity index (χ0) is 17.3. The van der Waals surface area contributed by atoms with Crippen LogP contribution in [0.2, 0.25) is 0 Å². The molecular formula is C17H18F3N3O. The Bertz CT molecular complexity index is 715. The van der Waals surface area contributed by atoms with E-state index in [-0.39, 0.29) is 5.91 Å². The number of hydrogen-bond acceptors (Lipinski definition) is 2. The van der Waals surface area contributed by atoms with Gasteiger partial charge in [-0.3, -0.25) is 4.79 Å². The molecule has 1 aliphatic rings. The number of halogens is 3. The molecule has 2 aromatic rings. The number of alkyl halides is 3. The lowest BCUT2D eigenvalue weighted by molar-refractivity contribution is -0.137. The van der Waals surface area contributed by atoms with Crippen molar-refractivity contribution in [1.29, 1.82) is 0 Å². The molecule has 3 rings (SSSR count). The van der Waals surface area contributed by atoms with Crippen LogP contribution in [0.15, 0.2) is 36.7 Å². The Labute approximate surface area is 137 Å². The van der Waals surface area contributed by atoms with E-state index < -0.39 is 11.7 Å². The van der Waals surface area contributed by atoms with Crippen molar-refractivity contribution in [3.63, 3.8) is 0 Å². The second-order valence-corrected chi connectivity index (χ2v) is 6.00. The number of benzene rings is 1. The van der Waals surface area contributed by atoms with Gasteiger partial charge in [-0.05, 0) is 24.3 Å². The molecule has 0 aliphatic carbocycles. The molecule has 0 N–H and O–H groups in total. The molecule has 1 aliphatic heterocycles. The predicted octanol–water partition coefficient (Wildman–Crippen LogP) is 3.24. The van der Waals surface area contributed by atoms with E-state index >= 15 is 0 Å². The number of nitrogens with zero attached hydrogens (tertiary/aromatic N) is 3. The van der Waals surface area contributed by atoms with E-state index in [2.05, 4.69) is 9.55 Å². The summed E-state index contributed by atoms with van der Waals surface area (Å²) in [5.41, 5.74) is -0.453. The first-order chi connectivity index (χ1) is 11.4. The molecular weight excluding hydrogens is 319 g/mol. The van der Waals surface area contributed by atoms with Crippen LogP contribution in [0, 0.1) is 5.92 Å². The van der Waals surface area contributed by atoms with E-state index in [4.69, 9.17) is 0 Å². The molecule has 1 amide bonds. The molecule has 1 fully saturated rings. The van der Waals surface area contributed by atoms with Gasteiger partial charge in [-0.25, -0.2) is 4.98 Å². The fourth-order valence-electron chi connectivity index (χ4n) is 2.93. The number of hydrogen-bond donors (Lipinski definition) is 0. The lowest BCUT2D eigenvalue weighted by Gasteiger charge is -2.39. The van der Waals surface area contributed by atoms with Gasteiger partial charge in [-0.1, -0.05) is 6.92 Å². The average Bonchev–Trinajstić information content (AvgIpc) is 2.96. The van der Waals surface area contributed by atoms with Crippen LogP contribution >= 0.6 is 0 Å². The molecule has 0 radical (unpaired) electrons. The Hall–Kier alpha value is -2.31. The molecule has 1 saturated heterocycles. The van der Waals surface area contributed by atoms with Crippen molar-refractivity contribution in [2.45, 2.75) is 26.1 Å². The second-order valence-electron chi connectivity index (χ2n) is 6.00. The van der Waals surface area contributed by atoms with Crippen LogP contribution in [0.25, 0.3) is 0 Å². The monoisotopic (exact) mass is 337 g/mol. The maximum atomic E-state index is 12.5. The summed E-state index contributed by atoms with van der Waals surface area (Å²) >= 11 is 0. The van der Waals surface area contributed by atoms with Gasteiger partial charge in [0.2, 0.25) is 0 Å². The van der Waals surface area contributed by atoms with E-state index in [1.165, 1.54) is 12.1 Å². The summed E-state index contributed by atoms with van der Waals surface area (Å²) in [4.78, 5) is 18.2. The quantitative estimate of drug-likeness (QED) is 0.859. The van der Waals surface area contributed by atoms with Gasteiger partial charge in [0.1, 0.15) is 5.82 Å². The Morgan fingerprint density at radius 2 is 1.92 bits per heavy atom. The Morgan fingerprint density at radius 1 is 1.25 bits per heavy atom. The largest absolute Gasteiger partial charge is 0.416 e. The molecule has 0 unspecified atom stereocenters. The number of amides is 1. The fraction of sp³-hybridized carbons (Fsp3) is 0.412. The van der Waals surface area contributed by atoms with Crippen molar-refractivity contribution < 1.29 is 18.0 Å². The molecule has 1 aromatic carbocycles. The molecule has 2 heterocycles. The molecule has 7 heteroatoms. The molecule has 4 nitrogen and oxygen atoms in total. The second kappa shape index (κ2) is 6.30. The Kier molecular flexibility index (Phi) is 4.34. The van der Waals surface area contributed by atoms with Gasteiger partial charge < -0.3 is 9.47 Å². The first kappa shape index (κ1) is 16.5. The summed E-state index contributed by atoms with van der Waals surface area (Å²) in [6, 6.07) is 4.38. The van der Waals surface area contributed by atoms with Crippen LogP contribution in [0.4, 0.5) is 13.2 Å². The third-order valence-electron chi connectivity index (χ3n) is 4.28. The maximum Gasteiger partial charge on any atom is 0.416 e. The summed E-state index contributed by atoms with van der Waals surface area (Å²) in [5, 5.41) is 0. The van der Waals surface area contributed by atoms with Crippen molar-refractivity contribution in [2.24, 2.45) is 5.92 Å². The van der Waals surface area contributed by atoms with E-state index in [9.17, 15) is 18.0 Å². The number of carbonyl (C=O) groups is 1. The van der Waals surface area contributed by atoms with Crippen LogP contribution in [0.3, 0.4) is 0 Å². The van der Waals surface area contributed by atoms with Crippen LogP contribution in [-0.4, -0.2) is 33.4 Å². The first-order valence-electron chi connectivity index (χ1n) is 7.85. The third-order valence-corrected chi connectivity index (χ3v) is 4.28. The lowest BCUT2D eigenvalue weighted by Crippen LogP contribution is -2.51. The van der Waals surface area contributed by atoms with Crippen molar-refractivity contribution in [1.82, 2.24) is 14.5 Å². The van der Waals surface area contributed by atoms with Gasteiger partial charge in [0.05, 0.1) is 5.56 Å². The van der Waals surface area contributed by atoms with Gasteiger partial charge in [-0.2, -0.15) is 13.2 Å². The van der Waals surface area contributed by atoms with Crippen molar-refractivity contribution in [3.05, 3.63) is 53.6 Å². The molecule has 0 spiro atoms. The highest BCUT2D eigenvalue weighted by atomic mass is 19.4. The van der Waals surface area contributed by atoms with Gasteiger partial charge >= 0.3 is 6.18 Å². The van der Waals surface area contributed by atoms with E-state index in [1.54, 1.807) is 11.1 Å². The standard InChI is InChI=1S/C17H18F3N3O/c1-2-15-21-7-8-22(15)9-12-10-23(11-12)16(24)13-3-5-14(6-4-13)17(18,19)20/h3-8,12H,2,9-11H2,1H3. The highest BCUT2D eigenvalue weighted by molar-refractivity contribution is 5.94. The zero-order valence-electron chi connectivity index (χ0n) is 13.3. The van der Waals surface area contributed by atoms with Crippen molar-refractivity contribution in [2.75, 3.05) is 13.1 Å². The van der Waals surface area contributed by atoms with Gasteiger partial charge in [0, 0.05) is 49.9 Å². The SMILES string of the molecule is CCc1nccn1CC1CN(C(=O)c2ccc(C(F)(F)F)cc2)C1. The van der Waals surface area contributed by atoms with Gasteiger partial charge in [0.25, 0.3) is 5.91 Å². The lowest BCUT2D eigenvalue weighted by atomic mass is 9.98. The minimum atomic E-state index is -4.38. The Morgan fingerprint density at radius 3 is 2.50 bits per heavy atom. The zero-order valence-corrected chi connectivity index (χ0v) is 13.3. The van der Waals surface area contributed by atoms with Gasteiger partial charge in [0.15, 0.2) is 0 Å². The van der Waals surface area contributed by atoms with E-state index in [0.29, 0.717) is 24.6 Å². The van der Waals surface area contributed by atoms with Crippen molar-refractivity contribution in [3.8, 4) is 0 Å². The number of rotatable bonds is 4.